The molecule has 0 radical (unpaired) electrons. The minimum Gasteiger partial charge on any atom is -0.466 e. The smallest absolute Gasteiger partial charge is 0.309 e. The molecule has 0 amide bonds. The van der Waals surface area contributed by atoms with Crippen molar-refractivity contribution in [3.05, 3.63) is 0 Å². The summed E-state index contributed by atoms with van der Waals surface area (Å²) in [4.78, 5) is 10.9. The highest BCUT2D eigenvalue weighted by Gasteiger charge is 2.42. The Morgan fingerprint density at radius 3 is 2.90 bits per heavy atom. The van der Waals surface area contributed by atoms with Crippen molar-refractivity contribution in [2.75, 3.05) is 13.2 Å². The number of rotatable bonds is 3. The molecule has 10 heavy (non-hydrogen) atoms. The van der Waals surface area contributed by atoms with Crippen LogP contribution in [0.4, 0.5) is 0 Å². The Labute approximate surface area is 60.5 Å². The highest BCUT2D eigenvalue weighted by molar-refractivity contribution is 5.75. The lowest BCUT2D eigenvalue weighted by Gasteiger charge is -1.97. The van der Waals surface area contributed by atoms with E-state index in [4.69, 9.17) is 10.5 Å². The lowest BCUT2D eigenvalue weighted by Crippen LogP contribution is -2.11. The molecule has 1 aliphatic carbocycles. The summed E-state index contributed by atoms with van der Waals surface area (Å²) in [5.74, 6) is 0.446. The van der Waals surface area contributed by atoms with Crippen molar-refractivity contribution in [2.45, 2.75) is 13.3 Å². The summed E-state index contributed by atoms with van der Waals surface area (Å²) in [6.07, 6.45) is 0.926. The average Bonchev–Trinajstić information content (AvgIpc) is 2.66. The van der Waals surface area contributed by atoms with Gasteiger partial charge in [-0.1, -0.05) is 0 Å². The molecule has 0 spiro atoms. The topological polar surface area (TPSA) is 52.3 Å². The first-order chi connectivity index (χ1) is 4.79. The Hall–Kier alpha value is -0.570. The summed E-state index contributed by atoms with van der Waals surface area (Å²) in [5, 5.41) is 0. The van der Waals surface area contributed by atoms with Gasteiger partial charge in [0.1, 0.15) is 0 Å². The van der Waals surface area contributed by atoms with Crippen LogP contribution >= 0.6 is 0 Å². The molecular formula is C7H13NO2. The zero-order valence-electron chi connectivity index (χ0n) is 6.17. The van der Waals surface area contributed by atoms with Crippen LogP contribution in [0.15, 0.2) is 0 Å². The molecule has 0 bridgehead atoms. The number of ether oxygens (including phenoxy) is 1. The number of carbonyl (C=O) groups excluding carboxylic acids is 1. The van der Waals surface area contributed by atoms with Crippen LogP contribution in [-0.4, -0.2) is 19.1 Å². The molecule has 0 aromatic rings. The first kappa shape index (κ1) is 7.54. The Balaban J connectivity index is 2.19. The highest BCUT2D eigenvalue weighted by Crippen LogP contribution is 2.38. The van der Waals surface area contributed by atoms with Crippen molar-refractivity contribution < 1.29 is 9.53 Å². The highest BCUT2D eigenvalue weighted by atomic mass is 16.5. The van der Waals surface area contributed by atoms with Gasteiger partial charge in [0.05, 0.1) is 12.5 Å². The SMILES string of the molecule is CCOC(=O)[C@H]1C[C@@H]1CN. The fourth-order valence-electron chi connectivity index (χ4n) is 1.05. The maximum atomic E-state index is 10.9. The van der Waals surface area contributed by atoms with E-state index >= 15 is 0 Å². The lowest BCUT2D eigenvalue weighted by molar-refractivity contribution is -0.145. The first-order valence-corrected chi connectivity index (χ1v) is 3.66. The van der Waals surface area contributed by atoms with Crippen molar-refractivity contribution in [2.24, 2.45) is 17.6 Å². The third kappa shape index (κ3) is 1.48. The summed E-state index contributed by atoms with van der Waals surface area (Å²) in [6, 6.07) is 0. The van der Waals surface area contributed by atoms with E-state index in [1.165, 1.54) is 0 Å². The number of esters is 1. The van der Waals surface area contributed by atoms with Gasteiger partial charge < -0.3 is 10.5 Å². The van der Waals surface area contributed by atoms with Gasteiger partial charge in [-0.3, -0.25) is 4.79 Å². The molecule has 1 aliphatic rings. The van der Waals surface area contributed by atoms with Gasteiger partial charge in [-0.05, 0) is 25.8 Å². The Morgan fingerprint density at radius 1 is 1.80 bits per heavy atom. The summed E-state index contributed by atoms with van der Waals surface area (Å²) >= 11 is 0. The molecule has 0 aromatic carbocycles. The minimum absolute atomic E-state index is 0.0713. The molecule has 1 fully saturated rings. The normalized spacial score (nSPS) is 29.8. The molecule has 2 N–H and O–H groups in total. The van der Waals surface area contributed by atoms with Crippen molar-refractivity contribution in [3.63, 3.8) is 0 Å². The average molecular weight is 143 g/mol. The fraction of sp³-hybridized carbons (Fsp3) is 0.857. The van der Waals surface area contributed by atoms with Crippen molar-refractivity contribution in [1.82, 2.24) is 0 Å². The monoisotopic (exact) mass is 143 g/mol. The number of hydrogen-bond acceptors (Lipinski definition) is 3. The van der Waals surface area contributed by atoms with E-state index in [1.54, 1.807) is 0 Å². The molecule has 1 saturated carbocycles. The predicted molar refractivity (Wildman–Crippen MR) is 37.3 cm³/mol. The van der Waals surface area contributed by atoms with Gasteiger partial charge in [-0.15, -0.1) is 0 Å². The molecule has 3 nitrogen and oxygen atoms in total. The quantitative estimate of drug-likeness (QED) is 0.572. The zero-order valence-corrected chi connectivity index (χ0v) is 6.17. The van der Waals surface area contributed by atoms with Crippen LogP contribution in [0.1, 0.15) is 13.3 Å². The second kappa shape index (κ2) is 3.01. The molecule has 0 saturated heterocycles. The van der Waals surface area contributed by atoms with Gasteiger partial charge in [0.15, 0.2) is 0 Å². The first-order valence-electron chi connectivity index (χ1n) is 3.66. The van der Waals surface area contributed by atoms with Crippen LogP contribution in [0.25, 0.3) is 0 Å². The van der Waals surface area contributed by atoms with Crippen LogP contribution < -0.4 is 5.73 Å². The molecule has 2 atom stereocenters. The maximum Gasteiger partial charge on any atom is 0.309 e. The van der Waals surface area contributed by atoms with E-state index in [1.807, 2.05) is 6.92 Å². The fourth-order valence-corrected chi connectivity index (χ4v) is 1.05. The van der Waals surface area contributed by atoms with E-state index in [-0.39, 0.29) is 11.9 Å². The number of hydrogen-bond donors (Lipinski definition) is 1. The molecule has 0 heterocycles. The van der Waals surface area contributed by atoms with Gasteiger partial charge in [0.2, 0.25) is 0 Å². The van der Waals surface area contributed by atoms with Gasteiger partial charge in [-0.2, -0.15) is 0 Å². The summed E-state index contributed by atoms with van der Waals surface area (Å²) in [6.45, 7) is 2.91. The van der Waals surface area contributed by atoms with E-state index in [0.29, 0.717) is 19.1 Å². The van der Waals surface area contributed by atoms with Crippen molar-refractivity contribution in [3.8, 4) is 0 Å². The third-order valence-corrected chi connectivity index (χ3v) is 1.81. The van der Waals surface area contributed by atoms with E-state index in [2.05, 4.69) is 0 Å². The van der Waals surface area contributed by atoms with Gasteiger partial charge in [-0.25, -0.2) is 0 Å². The second-order valence-electron chi connectivity index (χ2n) is 2.59. The van der Waals surface area contributed by atoms with Crippen LogP contribution in [-0.2, 0) is 9.53 Å². The Kier molecular flexibility index (Phi) is 2.27. The van der Waals surface area contributed by atoms with E-state index < -0.39 is 0 Å². The molecule has 0 unspecified atom stereocenters. The molecule has 58 valence electrons. The van der Waals surface area contributed by atoms with Crippen molar-refractivity contribution in [1.29, 1.82) is 0 Å². The minimum atomic E-state index is -0.0713. The van der Waals surface area contributed by atoms with Crippen LogP contribution in [0.3, 0.4) is 0 Å². The van der Waals surface area contributed by atoms with E-state index in [0.717, 1.165) is 6.42 Å². The molecule has 3 heteroatoms. The summed E-state index contributed by atoms with van der Waals surface area (Å²) in [5.41, 5.74) is 5.35. The van der Waals surface area contributed by atoms with Crippen molar-refractivity contribution >= 4 is 5.97 Å². The zero-order chi connectivity index (χ0) is 7.56. The second-order valence-corrected chi connectivity index (χ2v) is 2.59. The van der Waals surface area contributed by atoms with Crippen LogP contribution in [0.5, 0.6) is 0 Å². The Morgan fingerprint density at radius 2 is 2.50 bits per heavy atom. The number of carbonyl (C=O) groups is 1. The number of nitrogens with two attached hydrogens (primary N) is 1. The summed E-state index contributed by atoms with van der Waals surface area (Å²) < 4.78 is 4.80. The predicted octanol–water partition coefficient (Wildman–Crippen LogP) is 0.144. The van der Waals surface area contributed by atoms with Gasteiger partial charge >= 0.3 is 5.97 Å². The summed E-state index contributed by atoms with van der Waals surface area (Å²) in [7, 11) is 0. The van der Waals surface area contributed by atoms with Crippen LogP contribution in [0, 0.1) is 11.8 Å². The lowest BCUT2D eigenvalue weighted by atomic mass is 10.3. The van der Waals surface area contributed by atoms with Gasteiger partial charge in [0.25, 0.3) is 0 Å². The van der Waals surface area contributed by atoms with E-state index in [9.17, 15) is 4.79 Å². The molecule has 1 rings (SSSR count). The molecule has 0 aliphatic heterocycles. The van der Waals surface area contributed by atoms with Crippen LogP contribution in [0.2, 0.25) is 0 Å². The van der Waals surface area contributed by atoms with Gasteiger partial charge in [0, 0.05) is 0 Å². The third-order valence-electron chi connectivity index (χ3n) is 1.81. The largest absolute Gasteiger partial charge is 0.466 e. The Bertz CT molecular complexity index is 136. The maximum absolute atomic E-state index is 10.9. The standard InChI is InChI=1S/C7H13NO2/c1-2-10-7(9)6-3-5(6)4-8/h5-6H,2-4,8H2,1H3/t5-,6+/m1/s1. The molecule has 0 aromatic heterocycles. The molecular weight excluding hydrogens is 130 g/mol.